The monoisotopic (exact) mass is 361 g/mol. The van der Waals surface area contributed by atoms with Crippen molar-refractivity contribution >= 4 is 28.9 Å². The standard InChI is InChI=1S/C21H23N5O/c1-14-6-5-7-15(2)19(14)25-21-22-13-12-18(24-21)20(27)23-16-8-10-17(11-9-16)26(3)4/h5-13H,1-4H3,(H,23,27)(H,22,24,25). The van der Waals surface area contributed by atoms with Crippen LogP contribution in [0.15, 0.2) is 54.7 Å². The summed E-state index contributed by atoms with van der Waals surface area (Å²) in [5.74, 6) is 0.113. The largest absolute Gasteiger partial charge is 0.378 e. The van der Waals surface area contributed by atoms with Gasteiger partial charge in [-0.25, -0.2) is 9.97 Å². The summed E-state index contributed by atoms with van der Waals surface area (Å²) in [4.78, 5) is 23.1. The third-order valence-electron chi connectivity index (χ3n) is 4.25. The Morgan fingerprint density at radius 2 is 1.63 bits per heavy atom. The molecule has 2 aromatic carbocycles. The minimum atomic E-state index is -0.278. The Bertz CT molecular complexity index is 931. The number of hydrogen-bond acceptors (Lipinski definition) is 5. The first-order valence-electron chi connectivity index (χ1n) is 8.69. The first-order valence-corrected chi connectivity index (χ1v) is 8.69. The van der Waals surface area contributed by atoms with E-state index in [4.69, 9.17) is 0 Å². The fraction of sp³-hybridized carbons (Fsp3) is 0.190. The van der Waals surface area contributed by atoms with Crippen molar-refractivity contribution in [2.45, 2.75) is 13.8 Å². The number of carbonyl (C=O) groups is 1. The van der Waals surface area contributed by atoms with Crippen LogP contribution in [0.5, 0.6) is 0 Å². The molecule has 1 amide bonds. The lowest BCUT2D eigenvalue weighted by atomic mass is 10.1. The van der Waals surface area contributed by atoms with E-state index in [-0.39, 0.29) is 5.91 Å². The van der Waals surface area contributed by atoms with Gasteiger partial charge in [-0.15, -0.1) is 0 Å². The van der Waals surface area contributed by atoms with Crippen LogP contribution in [0.4, 0.5) is 23.0 Å². The molecule has 138 valence electrons. The molecule has 0 saturated carbocycles. The van der Waals surface area contributed by atoms with Crippen molar-refractivity contribution in [2.75, 3.05) is 29.6 Å². The van der Waals surface area contributed by atoms with Gasteiger partial charge in [0.25, 0.3) is 5.91 Å². The highest BCUT2D eigenvalue weighted by Crippen LogP contribution is 2.22. The van der Waals surface area contributed by atoms with Gasteiger partial charge in [-0.2, -0.15) is 0 Å². The molecule has 27 heavy (non-hydrogen) atoms. The number of aryl methyl sites for hydroxylation is 2. The van der Waals surface area contributed by atoms with Gasteiger partial charge in [-0.1, -0.05) is 18.2 Å². The molecule has 1 heterocycles. The SMILES string of the molecule is Cc1cccc(C)c1Nc1nccc(C(=O)Nc2ccc(N(C)C)cc2)n1. The van der Waals surface area contributed by atoms with Gasteiger partial charge < -0.3 is 15.5 Å². The summed E-state index contributed by atoms with van der Waals surface area (Å²) in [5.41, 5.74) is 5.22. The molecular formula is C21H23N5O. The number of aromatic nitrogens is 2. The van der Waals surface area contributed by atoms with Gasteiger partial charge in [0, 0.05) is 37.4 Å². The molecule has 6 nitrogen and oxygen atoms in total. The van der Waals surface area contributed by atoms with Crippen LogP contribution in [0.1, 0.15) is 21.6 Å². The van der Waals surface area contributed by atoms with Gasteiger partial charge in [0.2, 0.25) is 5.95 Å². The zero-order chi connectivity index (χ0) is 19.4. The molecule has 2 N–H and O–H groups in total. The molecule has 0 aliphatic carbocycles. The number of benzene rings is 2. The lowest BCUT2D eigenvalue weighted by Gasteiger charge is -2.13. The van der Waals surface area contributed by atoms with Crippen molar-refractivity contribution in [2.24, 2.45) is 0 Å². The maximum absolute atomic E-state index is 12.5. The lowest BCUT2D eigenvalue weighted by Crippen LogP contribution is -2.15. The van der Waals surface area contributed by atoms with E-state index in [2.05, 4.69) is 20.6 Å². The number of hydrogen-bond donors (Lipinski definition) is 2. The molecule has 3 aromatic rings. The van der Waals surface area contributed by atoms with Gasteiger partial charge in [-0.05, 0) is 55.3 Å². The van der Waals surface area contributed by atoms with E-state index < -0.39 is 0 Å². The third kappa shape index (κ3) is 4.41. The average Bonchev–Trinajstić information content (AvgIpc) is 2.65. The van der Waals surface area contributed by atoms with Crippen LogP contribution in [0, 0.1) is 13.8 Å². The fourth-order valence-electron chi connectivity index (χ4n) is 2.71. The van der Waals surface area contributed by atoms with Crippen molar-refractivity contribution < 1.29 is 4.79 Å². The van der Waals surface area contributed by atoms with E-state index in [1.165, 1.54) is 0 Å². The smallest absolute Gasteiger partial charge is 0.274 e. The number of anilines is 4. The molecule has 6 heteroatoms. The molecule has 0 bridgehead atoms. The van der Waals surface area contributed by atoms with Crippen molar-refractivity contribution in [3.63, 3.8) is 0 Å². The number of carbonyl (C=O) groups excluding carboxylic acids is 1. The molecule has 0 spiro atoms. The van der Waals surface area contributed by atoms with E-state index in [0.29, 0.717) is 17.3 Å². The second-order valence-electron chi connectivity index (χ2n) is 6.55. The molecule has 0 saturated heterocycles. The van der Waals surface area contributed by atoms with Crippen molar-refractivity contribution in [3.05, 3.63) is 71.5 Å². The second kappa shape index (κ2) is 7.86. The minimum Gasteiger partial charge on any atom is -0.378 e. The number of nitrogens with zero attached hydrogens (tertiary/aromatic N) is 3. The maximum Gasteiger partial charge on any atom is 0.274 e. The minimum absolute atomic E-state index is 0.278. The average molecular weight is 361 g/mol. The molecule has 3 rings (SSSR count). The first kappa shape index (κ1) is 18.4. The van der Waals surface area contributed by atoms with Gasteiger partial charge in [-0.3, -0.25) is 4.79 Å². The van der Waals surface area contributed by atoms with E-state index in [9.17, 15) is 4.79 Å². The molecule has 0 radical (unpaired) electrons. The Labute approximate surface area is 159 Å². The second-order valence-corrected chi connectivity index (χ2v) is 6.55. The molecule has 0 aliphatic rings. The van der Waals surface area contributed by atoms with E-state index in [1.54, 1.807) is 12.3 Å². The molecule has 0 fully saturated rings. The Morgan fingerprint density at radius 1 is 0.963 bits per heavy atom. The van der Waals surface area contributed by atoms with Crippen molar-refractivity contribution in [3.8, 4) is 0 Å². The zero-order valence-corrected chi connectivity index (χ0v) is 15.9. The first-order chi connectivity index (χ1) is 12.9. The van der Waals surface area contributed by atoms with Crippen LogP contribution >= 0.6 is 0 Å². The number of amides is 1. The number of rotatable bonds is 5. The van der Waals surface area contributed by atoms with Gasteiger partial charge in [0.15, 0.2) is 0 Å². The highest BCUT2D eigenvalue weighted by molar-refractivity contribution is 6.03. The van der Waals surface area contributed by atoms with E-state index in [0.717, 1.165) is 22.5 Å². The summed E-state index contributed by atoms with van der Waals surface area (Å²) in [6, 6.07) is 15.3. The Hall–Kier alpha value is -3.41. The number of nitrogens with one attached hydrogen (secondary N) is 2. The Morgan fingerprint density at radius 3 is 2.26 bits per heavy atom. The van der Waals surface area contributed by atoms with Crippen LogP contribution < -0.4 is 15.5 Å². The maximum atomic E-state index is 12.5. The molecular weight excluding hydrogens is 338 g/mol. The van der Waals surface area contributed by atoms with Crippen LogP contribution in [0.25, 0.3) is 0 Å². The van der Waals surface area contributed by atoms with E-state index in [1.807, 2.05) is 75.3 Å². The highest BCUT2D eigenvalue weighted by atomic mass is 16.1. The normalized spacial score (nSPS) is 10.4. The van der Waals surface area contributed by atoms with Crippen LogP contribution in [-0.4, -0.2) is 30.0 Å². The lowest BCUT2D eigenvalue weighted by molar-refractivity contribution is 0.102. The number of para-hydroxylation sites is 1. The van der Waals surface area contributed by atoms with Crippen LogP contribution in [0.2, 0.25) is 0 Å². The Balaban J connectivity index is 1.75. The zero-order valence-electron chi connectivity index (χ0n) is 15.9. The topological polar surface area (TPSA) is 70.2 Å². The van der Waals surface area contributed by atoms with Crippen LogP contribution in [0.3, 0.4) is 0 Å². The van der Waals surface area contributed by atoms with Gasteiger partial charge in [0.05, 0.1) is 0 Å². The molecule has 1 aromatic heterocycles. The summed E-state index contributed by atoms with van der Waals surface area (Å²) in [6.07, 6.45) is 1.58. The molecule has 0 unspecified atom stereocenters. The molecule has 0 aliphatic heterocycles. The van der Waals surface area contributed by atoms with E-state index >= 15 is 0 Å². The Kier molecular flexibility index (Phi) is 5.35. The fourth-order valence-corrected chi connectivity index (χ4v) is 2.71. The molecule has 0 atom stereocenters. The third-order valence-corrected chi connectivity index (χ3v) is 4.25. The predicted molar refractivity (Wildman–Crippen MR) is 110 cm³/mol. The summed E-state index contributed by atoms with van der Waals surface area (Å²) < 4.78 is 0. The van der Waals surface area contributed by atoms with Gasteiger partial charge >= 0.3 is 0 Å². The predicted octanol–water partition coefficient (Wildman–Crippen LogP) is 4.16. The summed E-state index contributed by atoms with van der Waals surface area (Å²) in [6.45, 7) is 4.03. The van der Waals surface area contributed by atoms with Gasteiger partial charge in [0.1, 0.15) is 5.69 Å². The van der Waals surface area contributed by atoms with Crippen LogP contribution in [-0.2, 0) is 0 Å². The summed E-state index contributed by atoms with van der Waals surface area (Å²) >= 11 is 0. The van der Waals surface area contributed by atoms with Crippen molar-refractivity contribution in [1.82, 2.24) is 9.97 Å². The quantitative estimate of drug-likeness (QED) is 0.714. The van der Waals surface area contributed by atoms with Crippen molar-refractivity contribution in [1.29, 1.82) is 0 Å². The summed E-state index contributed by atoms with van der Waals surface area (Å²) in [7, 11) is 3.94. The summed E-state index contributed by atoms with van der Waals surface area (Å²) in [5, 5.41) is 6.07. The highest BCUT2D eigenvalue weighted by Gasteiger charge is 2.11.